The molecular formula is C15H17BrN4O. The van der Waals surface area contributed by atoms with E-state index in [0.717, 1.165) is 21.7 Å². The molecule has 0 amide bonds. The number of oxime groups is 1. The molecule has 0 aliphatic rings. The van der Waals surface area contributed by atoms with E-state index in [1.807, 2.05) is 54.3 Å². The molecule has 110 valence electrons. The van der Waals surface area contributed by atoms with Crippen LogP contribution in [0.2, 0.25) is 0 Å². The van der Waals surface area contributed by atoms with Crippen LogP contribution in [0.5, 0.6) is 0 Å². The van der Waals surface area contributed by atoms with Gasteiger partial charge in [0.15, 0.2) is 0 Å². The summed E-state index contributed by atoms with van der Waals surface area (Å²) in [6.45, 7) is 2.52. The quantitative estimate of drug-likeness (QED) is 0.375. The minimum absolute atomic E-state index is 0.199. The molecule has 2 rings (SSSR count). The molecule has 0 atom stereocenters. The lowest BCUT2D eigenvalue weighted by molar-refractivity contribution is 0.317. The summed E-state index contributed by atoms with van der Waals surface area (Å²) in [5, 5.41) is 11.7. The number of aryl methyl sites for hydroxylation is 1. The Morgan fingerprint density at radius 3 is 2.62 bits per heavy atom. The zero-order chi connectivity index (χ0) is 15.2. The normalized spacial score (nSPS) is 11.4. The molecule has 0 radical (unpaired) electrons. The van der Waals surface area contributed by atoms with Gasteiger partial charge in [0.2, 0.25) is 0 Å². The Kier molecular flexibility index (Phi) is 5.16. The van der Waals surface area contributed by atoms with Gasteiger partial charge in [0, 0.05) is 23.1 Å². The second kappa shape index (κ2) is 7.08. The fraction of sp³-hybridized carbons (Fsp3) is 0.200. The van der Waals surface area contributed by atoms with Gasteiger partial charge in [-0.25, -0.2) is 4.98 Å². The number of rotatable bonds is 5. The lowest BCUT2D eigenvalue weighted by Gasteiger charge is -2.24. The van der Waals surface area contributed by atoms with Crippen LogP contribution in [0.1, 0.15) is 12.1 Å². The molecule has 3 N–H and O–H groups in total. The maximum atomic E-state index is 8.69. The van der Waals surface area contributed by atoms with Gasteiger partial charge < -0.3 is 15.8 Å². The van der Waals surface area contributed by atoms with Gasteiger partial charge in [0.05, 0.1) is 5.69 Å². The topological polar surface area (TPSA) is 74.7 Å². The van der Waals surface area contributed by atoms with Crippen molar-refractivity contribution in [3.8, 4) is 0 Å². The third-order valence-electron chi connectivity index (χ3n) is 3.07. The highest BCUT2D eigenvalue weighted by atomic mass is 79.9. The van der Waals surface area contributed by atoms with Crippen molar-refractivity contribution in [2.45, 2.75) is 13.3 Å². The van der Waals surface area contributed by atoms with E-state index in [4.69, 9.17) is 10.9 Å². The number of nitrogens with two attached hydrogens (primary N) is 1. The summed E-state index contributed by atoms with van der Waals surface area (Å²) in [6, 6.07) is 13.8. The Hall–Kier alpha value is -2.08. The van der Waals surface area contributed by atoms with Gasteiger partial charge in [-0.3, -0.25) is 0 Å². The van der Waals surface area contributed by atoms with E-state index in [1.165, 1.54) is 0 Å². The van der Waals surface area contributed by atoms with Crippen molar-refractivity contribution in [1.29, 1.82) is 0 Å². The van der Waals surface area contributed by atoms with E-state index >= 15 is 0 Å². The second-order valence-corrected chi connectivity index (χ2v) is 5.42. The highest BCUT2D eigenvalue weighted by molar-refractivity contribution is 9.10. The van der Waals surface area contributed by atoms with E-state index in [-0.39, 0.29) is 5.84 Å². The van der Waals surface area contributed by atoms with Crippen LogP contribution in [-0.4, -0.2) is 22.6 Å². The number of hydrogen-bond acceptors (Lipinski definition) is 4. The maximum Gasteiger partial charge on any atom is 0.140 e. The number of anilines is 2. The van der Waals surface area contributed by atoms with Crippen molar-refractivity contribution in [3.05, 3.63) is 52.6 Å². The van der Waals surface area contributed by atoms with Crippen molar-refractivity contribution in [1.82, 2.24) is 4.98 Å². The van der Waals surface area contributed by atoms with Gasteiger partial charge in [0.1, 0.15) is 11.7 Å². The lowest BCUT2D eigenvalue weighted by atomic mass is 10.2. The van der Waals surface area contributed by atoms with Crippen molar-refractivity contribution >= 4 is 33.3 Å². The standard InChI is InChI=1S/C15H17BrN4O/c1-11-13(16)7-8-15(18-11)20(10-9-14(17)19-21)12-5-3-2-4-6-12/h2-8,21H,9-10H2,1H3,(H2,17,19). The monoisotopic (exact) mass is 348 g/mol. The predicted molar refractivity (Wildman–Crippen MR) is 88.1 cm³/mol. The third kappa shape index (κ3) is 3.95. The van der Waals surface area contributed by atoms with Crippen molar-refractivity contribution in [2.24, 2.45) is 10.9 Å². The van der Waals surface area contributed by atoms with Gasteiger partial charge >= 0.3 is 0 Å². The highest BCUT2D eigenvalue weighted by Crippen LogP contribution is 2.26. The molecule has 0 saturated carbocycles. The summed E-state index contributed by atoms with van der Waals surface area (Å²) in [6.07, 6.45) is 0.447. The van der Waals surface area contributed by atoms with E-state index in [2.05, 4.69) is 26.1 Å². The third-order valence-corrected chi connectivity index (χ3v) is 3.91. The van der Waals surface area contributed by atoms with E-state index in [1.54, 1.807) is 0 Å². The molecule has 0 fully saturated rings. The largest absolute Gasteiger partial charge is 0.409 e. The molecule has 0 saturated heterocycles. The van der Waals surface area contributed by atoms with Crippen LogP contribution in [0, 0.1) is 6.92 Å². The van der Waals surface area contributed by atoms with Crippen LogP contribution in [0.3, 0.4) is 0 Å². The summed E-state index contributed by atoms with van der Waals surface area (Å²) in [7, 11) is 0. The van der Waals surface area contributed by atoms with Gasteiger partial charge in [-0.2, -0.15) is 0 Å². The van der Waals surface area contributed by atoms with Crippen LogP contribution in [0.25, 0.3) is 0 Å². The molecular weight excluding hydrogens is 332 g/mol. The Morgan fingerprint density at radius 2 is 2.00 bits per heavy atom. The Morgan fingerprint density at radius 1 is 1.29 bits per heavy atom. The Labute approximate surface area is 132 Å². The van der Waals surface area contributed by atoms with Crippen molar-refractivity contribution < 1.29 is 5.21 Å². The minimum atomic E-state index is 0.199. The van der Waals surface area contributed by atoms with Crippen LogP contribution in [0.15, 0.2) is 52.1 Å². The first-order valence-corrected chi connectivity index (χ1v) is 7.33. The number of nitrogens with zero attached hydrogens (tertiary/aromatic N) is 3. The number of amidine groups is 1. The first-order chi connectivity index (χ1) is 10.1. The maximum absolute atomic E-state index is 8.69. The number of benzene rings is 1. The van der Waals surface area contributed by atoms with Gasteiger partial charge in [-0.1, -0.05) is 23.4 Å². The van der Waals surface area contributed by atoms with Gasteiger partial charge in [-0.15, -0.1) is 0 Å². The lowest BCUT2D eigenvalue weighted by Crippen LogP contribution is -2.25. The van der Waals surface area contributed by atoms with Crippen LogP contribution >= 0.6 is 15.9 Å². The summed E-state index contributed by atoms with van der Waals surface area (Å²) < 4.78 is 0.968. The minimum Gasteiger partial charge on any atom is -0.409 e. The second-order valence-electron chi connectivity index (χ2n) is 4.57. The molecule has 5 nitrogen and oxygen atoms in total. The zero-order valence-corrected chi connectivity index (χ0v) is 13.3. The van der Waals surface area contributed by atoms with Gasteiger partial charge in [0.25, 0.3) is 0 Å². The average molecular weight is 349 g/mol. The summed E-state index contributed by atoms with van der Waals surface area (Å²) in [4.78, 5) is 6.63. The number of halogens is 1. The summed E-state index contributed by atoms with van der Waals surface area (Å²) in [5.41, 5.74) is 7.50. The number of pyridine rings is 1. The highest BCUT2D eigenvalue weighted by Gasteiger charge is 2.12. The predicted octanol–water partition coefficient (Wildman–Crippen LogP) is 3.43. The smallest absolute Gasteiger partial charge is 0.140 e. The molecule has 1 aromatic heterocycles. The van der Waals surface area contributed by atoms with Gasteiger partial charge in [-0.05, 0) is 47.1 Å². The molecule has 0 unspecified atom stereocenters. The summed E-state index contributed by atoms with van der Waals surface area (Å²) in [5.74, 6) is 1.03. The van der Waals surface area contributed by atoms with E-state index in [0.29, 0.717) is 13.0 Å². The fourth-order valence-corrected chi connectivity index (χ4v) is 2.16. The van der Waals surface area contributed by atoms with Crippen LogP contribution < -0.4 is 10.6 Å². The Bertz CT molecular complexity index is 631. The SMILES string of the molecule is Cc1nc(N(CC/C(N)=N/O)c2ccccc2)ccc1Br. The molecule has 0 aliphatic heterocycles. The molecule has 0 aliphatic carbocycles. The average Bonchev–Trinajstić information content (AvgIpc) is 2.51. The molecule has 1 aromatic carbocycles. The van der Waals surface area contributed by atoms with Crippen LogP contribution in [0.4, 0.5) is 11.5 Å². The first kappa shape index (κ1) is 15.3. The molecule has 2 aromatic rings. The zero-order valence-electron chi connectivity index (χ0n) is 11.7. The molecule has 0 spiro atoms. The first-order valence-electron chi connectivity index (χ1n) is 6.54. The number of para-hydroxylation sites is 1. The summed E-state index contributed by atoms with van der Waals surface area (Å²) >= 11 is 3.45. The number of aromatic nitrogens is 1. The number of hydrogen-bond donors (Lipinski definition) is 2. The Balaban J connectivity index is 2.33. The molecule has 6 heteroatoms. The van der Waals surface area contributed by atoms with Crippen molar-refractivity contribution in [2.75, 3.05) is 11.4 Å². The molecule has 1 heterocycles. The molecule has 21 heavy (non-hydrogen) atoms. The molecule has 0 bridgehead atoms. The van der Waals surface area contributed by atoms with Crippen LogP contribution in [-0.2, 0) is 0 Å². The van der Waals surface area contributed by atoms with E-state index < -0.39 is 0 Å². The van der Waals surface area contributed by atoms with Crippen molar-refractivity contribution in [3.63, 3.8) is 0 Å². The fourth-order valence-electron chi connectivity index (χ4n) is 1.94. The van der Waals surface area contributed by atoms with E-state index in [9.17, 15) is 0 Å².